The van der Waals surface area contributed by atoms with Gasteiger partial charge in [-0.15, -0.1) is 0 Å². The monoisotopic (exact) mass is 422 g/mol. The fourth-order valence-electron chi connectivity index (χ4n) is 3.84. The molecule has 5 nitrogen and oxygen atoms in total. The number of nitrogens with zero attached hydrogens (tertiary/aromatic N) is 1. The Labute approximate surface area is 181 Å². The van der Waals surface area contributed by atoms with Crippen LogP contribution < -0.4 is 5.32 Å². The molecule has 1 saturated heterocycles. The van der Waals surface area contributed by atoms with E-state index in [4.69, 9.17) is 9.15 Å². The number of nitrogens with one attached hydrogen (secondary N) is 1. The number of benzene rings is 2. The number of carbonyl (C=O) groups excluding carboxylic acids is 1. The summed E-state index contributed by atoms with van der Waals surface area (Å²) in [5, 5.41) is 3.05. The molecule has 1 fully saturated rings. The molecule has 0 radical (unpaired) electrons. The van der Waals surface area contributed by atoms with Gasteiger partial charge in [0.15, 0.2) is 0 Å². The molecule has 1 aliphatic rings. The quantitative estimate of drug-likeness (QED) is 0.591. The van der Waals surface area contributed by atoms with Gasteiger partial charge in [-0.2, -0.15) is 0 Å². The maximum atomic E-state index is 13.4. The summed E-state index contributed by atoms with van der Waals surface area (Å²) in [4.78, 5) is 14.8. The van der Waals surface area contributed by atoms with Gasteiger partial charge < -0.3 is 14.5 Å². The normalized spacial score (nSPS) is 15.5. The van der Waals surface area contributed by atoms with Crippen molar-refractivity contribution in [3.05, 3.63) is 83.9 Å². The van der Waals surface area contributed by atoms with Gasteiger partial charge in [0.25, 0.3) is 0 Å². The summed E-state index contributed by atoms with van der Waals surface area (Å²) in [6.45, 7) is 3.36. The van der Waals surface area contributed by atoms with Crippen LogP contribution in [0.5, 0.6) is 0 Å². The lowest BCUT2D eigenvalue weighted by Crippen LogP contribution is -2.43. The van der Waals surface area contributed by atoms with Gasteiger partial charge in [0.1, 0.15) is 17.3 Å². The Balaban J connectivity index is 1.32. The fraction of sp³-hybridized carbons (Fsp3) is 0.320. The first-order valence-corrected chi connectivity index (χ1v) is 10.7. The van der Waals surface area contributed by atoms with Gasteiger partial charge in [-0.3, -0.25) is 9.69 Å². The highest BCUT2D eigenvalue weighted by atomic mass is 19.1. The number of hydrogen-bond donors (Lipinski definition) is 1. The van der Waals surface area contributed by atoms with Crippen molar-refractivity contribution in [3.8, 4) is 11.3 Å². The Morgan fingerprint density at radius 2 is 1.74 bits per heavy atom. The SMILES string of the molecule is O=C(CCc1ccc(-c2ccccc2)o1)NCC(c1ccc(F)cc1)N1CCOCC1. The molecule has 3 aromatic rings. The number of ether oxygens (including phenoxy) is 1. The van der Waals surface area contributed by atoms with Crippen molar-refractivity contribution in [2.75, 3.05) is 32.8 Å². The van der Waals surface area contributed by atoms with E-state index in [-0.39, 0.29) is 17.8 Å². The van der Waals surface area contributed by atoms with Crippen LogP contribution in [0.1, 0.15) is 23.8 Å². The minimum Gasteiger partial charge on any atom is -0.461 e. The van der Waals surface area contributed by atoms with Crippen molar-refractivity contribution in [1.82, 2.24) is 10.2 Å². The second-order valence-corrected chi connectivity index (χ2v) is 7.65. The lowest BCUT2D eigenvalue weighted by atomic mass is 10.0. The molecule has 2 heterocycles. The van der Waals surface area contributed by atoms with Crippen LogP contribution in [0, 0.1) is 5.82 Å². The number of aryl methyl sites for hydroxylation is 1. The molecule has 31 heavy (non-hydrogen) atoms. The average Bonchev–Trinajstić information content (AvgIpc) is 3.29. The number of morpholine rings is 1. The standard InChI is InChI=1S/C25H27FN2O3/c26-21-8-6-19(7-9-21)23(28-14-16-30-17-15-28)18-27-25(29)13-11-22-10-12-24(31-22)20-4-2-1-3-5-20/h1-10,12,23H,11,13-18H2,(H,27,29). The number of furan rings is 1. The molecule has 1 N–H and O–H groups in total. The number of halogens is 1. The molecule has 0 spiro atoms. The molecular weight excluding hydrogens is 395 g/mol. The maximum Gasteiger partial charge on any atom is 0.220 e. The zero-order valence-electron chi connectivity index (χ0n) is 17.4. The summed E-state index contributed by atoms with van der Waals surface area (Å²) in [5.41, 5.74) is 2.01. The van der Waals surface area contributed by atoms with E-state index in [0.29, 0.717) is 32.6 Å². The predicted octanol–water partition coefficient (Wildman–Crippen LogP) is 4.21. The molecule has 4 rings (SSSR count). The number of amides is 1. The first kappa shape index (κ1) is 21.3. The van der Waals surface area contributed by atoms with Gasteiger partial charge in [-0.05, 0) is 29.8 Å². The zero-order chi connectivity index (χ0) is 21.5. The third-order valence-electron chi connectivity index (χ3n) is 5.55. The van der Waals surface area contributed by atoms with Crippen molar-refractivity contribution in [3.63, 3.8) is 0 Å². The van der Waals surface area contributed by atoms with E-state index >= 15 is 0 Å². The molecule has 0 bridgehead atoms. The molecule has 6 heteroatoms. The molecule has 1 atom stereocenters. The van der Waals surface area contributed by atoms with Crippen LogP contribution in [0.15, 0.2) is 71.1 Å². The van der Waals surface area contributed by atoms with E-state index in [1.165, 1.54) is 12.1 Å². The molecule has 1 amide bonds. The van der Waals surface area contributed by atoms with E-state index in [0.717, 1.165) is 35.7 Å². The molecule has 1 unspecified atom stereocenters. The Morgan fingerprint density at radius 1 is 1.00 bits per heavy atom. The minimum atomic E-state index is -0.262. The Bertz CT molecular complexity index is 966. The van der Waals surface area contributed by atoms with Crippen LogP contribution >= 0.6 is 0 Å². The van der Waals surface area contributed by atoms with Crippen molar-refractivity contribution in [1.29, 1.82) is 0 Å². The van der Waals surface area contributed by atoms with Crippen LogP contribution in [0.25, 0.3) is 11.3 Å². The molecular formula is C25H27FN2O3. The van der Waals surface area contributed by atoms with E-state index in [2.05, 4.69) is 10.2 Å². The van der Waals surface area contributed by atoms with Crippen molar-refractivity contribution >= 4 is 5.91 Å². The summed E-state index contributed by atoms with van der Waals surface area (Å²) in [5.74, 6) is 1.30. The second kappa shape index (κ2) is 10.4. The highest BCUT2D eigenvalue weighted by molar-refractivity contribution is 5.76. The van der Waals surface area contributed by atoms with Crippen LogP contribution in [-0.4, -0.2) is 43.7 Å². The summed E-state index contributed by atoms with van der Waals surface area (Å²) in [7, 11) is 0. The first-order valence-electron chi connectivity index (χ1n) is 10.7. The topological polar surface area (TPSA) is 54.7 Å². The Morgan fingerprint density at radius 3 is 2.48 bits per heavy atom. The van der Waals surface area contributed by atoms with E-state index in [1.54, 1.807) is 12.1 Å². The Hall–Kier alpha value is -2.96. The molecule has 2 aromatic carbocycles. The van der Waals surface area contributed by atoms with E-state index in [9.17, 15) is 9.18 Å². The van der Waals surface area contributed by atoms with E-state index in [1.807, 2.05) is 42.5 Å². The summed E-state index contributed by atoms with van der Waals surface area (Å²) in [6, 6.07) is 20.2. The maximum absolute atomic E-state index is 13.4. The summed E-state index contributed by atoms with van der Waals surface area (Å²) < 4.78 is 24.7. The van der Waals surface area contributed by atoms with Crippen LogP contribution in [0.4, 0.5) is 4.39 Å². The predicted molar refractivity (Wildman–Crippen MR) is 117 cm³/mol. The van der Waals surface area contributed by atoms with Crippen LogP contribution in [0.2, 0.25) is 0 Å². The lowest BCUT2D eigenvalue weighted by Gasteiger charge is -2.35. The second-order valence-electron chi connectivity index (χ2n) is 7.65. The van der Waals surface area contributed by atoms with Gasteiger partial charge in [0.05, 0.1) is 19.3 Å². The minimum absolute atomic E-state index is 0.0123. The number of hydrogen-bond acceptors (Lipinski definition) is 4. The van der Waals surface area contributed by atoms with E-state index < -0.39 is 0 Å². The van der Waals surface area contributed by atoms with Crippen LogP contribution in [-0.2, 0) is 16.0 Å². The number of rotatable bonds is 8. The Kier molecular flexibility index (Phi) is 7.12. The van der Waals surface area contributed by atoms with Crippen molar-refractivity contribution in [2.24, 2.45) is 0 Å². The third-order valence-corrected chi connectivity index (χ3v) is 5.55. The molecule has 1 aliphatic heterocycles. The highest BCUT2D eigenvalue weighted by Gasteiger charge is 2.23. The molecule has 0 saturated carbocycles. The zero-order valence-corrected chi connectivity index (χ0v) is 17.4. The fourth-order valence-corrected chi connectivity index (χ4v) is 3.84. The smallest absolute Gasteiger partial charge is 0.220 e. The summed E-state index contributed by atoms with van der Waals surface area (Å²) >= 11 is 0. The molecule has 1 aromatic heterocycles. The molecule has 0 aliphatic carbocycles. The van der Waals surface area contributed by atoms with Gasteiger partial charge in [-0.1, -0.05) is 42.5 Å². The van der Waals surface area contributed by atoms with Crippen molar-refractivity contribution in [2.45, 2.75) is 18.9 Å². The van der Waals surface area contributed by atoms with Gasteiger partial charge in [0.2, 0.25) is 5.91 Å². The van der Waals surface area contributed by atoms with Gasteiger partial charge in [-0.25, -0.2) is 4.39 Å². The molecule has 162 valence electrons. The van der Waals surface area contributed by atoms with Gasteiger partial charge >= 0.3 is 0 Å². The van der Waals surface area contributed by atoms with Crippen LogP contribution in [0.3, 0.4) is 0 Å². The number of carbonyl (C=O) groups is 1. The average molecular weight is 423 g/mol. The summed E-state index contributed by atoms with van der Waals surface area (Å²) in [6.07, 6.45) is 0.887. The lowest BCUT2D eigenvalue weighted by molar-refractivity contribution is -0.121. The van der Waals surface area contributed by atoms with Crippen molar-refractivity contribution < 1.29 is 18.3 Å². The largest absolute Gasteiger partial charge is 0.461 e. The third kappa shape index (κ3) is 5.81. The highest BCUT2D eigenvalue weighted by Crippen LogP contribution is 2.23. The first-order chi connectivity index (χ1) is 15.2. The van der Waals surface area contributed by atoms with Gasteiger partial charge in [0, 0.05) is 38.0 Å².